The van der Waals surface area contributed by atoms with Crippen LogP contribution in [-0.4, -0.2) is 61.5 Å². The van der Waals surface area contributed by atoms with E-state index in [0.29, 0.717) is 80.7 Å². The quantitative estimate of drug-likeness (QED) is 0.462. The molecule has 0 atom stereocenters. The summed E-state index contributed by atoms with van der Waals surface area (Å²) < 4.78 is 65.1. The maximum atomic E-state index is 13.1. The minimum Gasteiger partial charge on any atom is -0.473 e. The number of amides is 1. The summed E-state index contributed by atoms with van der Waals surface area (Å²) in [4.78, 5) is 23.9. The Labute approximate surface area is 225 Å². The standard InChI is InChI=1S/C28H29F3N4O4/c1-18-24(15-22(17-32-18)34-26(36)19-3-2-4-21(13-19)28(29,30)31)20-14-25(35-7-11-38-12-8-35)27(33-16-20)39-23-5-9-37-10-6-23/h2-4,13-17,23H,5-12H2,1H3,(H,34,36)/i23D. The monoisotopic (exact) mass is 543 g/mol. The van der Waals surface area contributed by atoms with Gasteiger partial charge in [-0.1, -0.05) is 6.07 Å². The number of carbonyl (C=O) groups excluding carboxylic acids is 1. The molecule has 1 aromatic carbocycles. The topological polar surface area (TPSA) is 85.8 Å². The van der Waals surface area contributed by atoms with Gasteiger partial charge in [0.25, 0.3) is 5.91 Å². The molecule has 2 aromatic heterocycles. The van der Waals surface area contributed by atoms with Crippen LogP contribution in [-0.2, 0) is 15.7 Å². The fraction of sp³-hybridized carbons (Fsp3) is 0.393. The number of pyridine rings is 2. The molecule has 2 saturated heterocycles. The van der Waals surface area contributed by atoms with Crippen LogP contribution in [0.5, 0.6) is 5.88 Å². The summed E-state index contributed by atoms with van der Waals surface area (Å²) in [6.07, 6.45) is -1.76. The number of aromatic nitrogens is 2. The second-order valence-corrected chi connectivity index (χ2v) is 9.29. The van der Waals surface area contributed by atoms with Crippen LogP contribution >= 0.6 is 0 Å². The smallest absolute Gasteiger partial charge is 0.416 e. The Hall–Kier alpha value is -3.70. The number of carbonyl (C=O) groups is 1. The van der Waals surface area contributed by atoms with Crippen molar-refractivity contribution in [1.82, 2.24) is 9.97 Å². The molecule has 39 heavy (non-hydrogen) atoms. The number of morpholine rings is 1. The second kappa shape index (κ2) is 11.6. The Morgan fingerprint density at radius 1 is 1.08 bits per heavy atom. The van der Waals surface area contributed by atoms with Gasteiger partial charge < -0.3 is 24.4 Å². The molecule has 3 aromatic rings. The van der Waals surface area contributed by atoms with E-state index in [2.05, 4.69) is 20.2 Å². The number of nitrogens with one attached hydrogen (secondary N) is 1. The SMILES string of the molecule is [2H]C1(Oc2ncc(-c3cc(NC(=O)c4cccc(C(F)(F)F)c4)cnc3C)cc2N2CCOCC2)CCOCC1. The molecular formula is C28H29F3N4O4. The first-order valence-corrected chi connectivity index (χ1v) is 12.7. The summed E-state index contributed by atoms with van der Waals surface area (Å²) in [5, 5.41) is 2.65. The van der Waals surface area contributed by atoms with Crippen LogP contribution in [0.4, 0.5) is 24.5 Å². The highest BCUT2D eigenvalue weighted by atomic mass is 19.4. The van der Waals surface area contributed by atoms with E-state index in [1.807, 2.05) is 13.0 Å². The van der Waals surface area contributed by atoms with Crippen molar-refractivity contribution >= 4 is 17.3 Å². The van der Waals surface area contributed by atoms with Crippen LogP contribution in [0.1, 0.15) is 35.8 Å². The van der Waals surface area contributed by atoms with E-state index in [-0.39, 0.29) is 5.56 Å². The van der Waals surface area contributed by atoms with Gasteiger partial charge in [-0.2, -0.15) is 13.2 Å². The van der Waals surface area contributed by atoms with Crippen LogP contribution in [0.2, 0.25) is 0 Å². The summed E-state index contributed by atoms with van der Waals surface area (Å²) in [5.41, 5.74) is 2.08. The van der Waals surface area contributed by atoms with Crippen molar-refractivity contribution in [3.8, 4) is 17.0 Å². The van der Waals surface area contributed by atoms with Crippen molar-refractivity contribution in [2.75, 3.05) is 49.7 Å². The molecule has 0 unspecified atom stereocenters. The van der Waals surface area contributed by atoms with Gasteiger partial charge in [0, 0.05) is 54.5 Å². The molecule has 206 valence electrons. The van der Waals surface area contributed by atoms with Gasteiger partial charge in [0.1, 0.15) is 11.8 Å². The number of alkyl halides is 3. The van der Waals surface area contributed by atoms with Gasteiger partial charge in [-0.05, 0) is 37.3 Å². The van der Waals surface area contributed by atoms with Gasteiger partial charge in [-0.15, -0.1) is 0 Å². The molecule has 2 aliphatic rings. The summed E-state index contributed by atoms with van der Waals surface area (Å²) in [6.45, 7) is 5.03. The van der Waals surface area contributed by atoms with E-state index >= 15 is 0 Å². The molecule has 8 nitrogen and oxygen atoms in total. The average molecular weight is 544 g/mol. The molecule has 0 radical (unpaired) electrons. The van der Waals surface area contributed by atoms with Gasteiger partial charge >= 0.3 is 6.18 Å². The van der Waals surface area contributed by atoms with Gasteiger partial charge in [-0.25, -0.2) is 4.98 Å². The van der Waals surface area contributed by atoms with Gasteiger partial charge in [0.2, 0.25) is 5.88 Å². The number of halogens is 3. The number of hydrogen-bond donors (Lipinski definition) is 1. The zero-order valence-electron chi connectivity index (χ0n) is 22.4. The maximum absolute atomic E-state index is 13.1. The molecule has 0 spiro atoms. The summed E-state index contributed by atoms with van der Waals surface area (Å²) >= 11 is 0. The lowest BCUT2D eigenvalue weighted by molar-refractivity contribution is -0.137. The minimum atomic E-state index is -4.56. The molecule has 1 amide bonds. The minimum absolute atomic E-state index is 0.118. The number of rotatable bonds is 6. The van der Waals surface area contributed by atoms with Crippen LogP contribution in [0, 0.1) is 6.92 Å². The van der Waals surface area contributed by atoms with Gasteiger partial charge in [0.05, 0.1) is 45.2 Å². The molecule has 0 bridgehead atoms. The summed E-state index contributed by atoms with van der Waals surface area (Å²) in [5.74, 6) is -0.335. The van der Waals surface area contributed by atoms with E-state index in [4.69, 9.17) is 15.6 Å². The Morgan fingerprint density at radius 3 is 2.56 bits per heavy atom. The lowest BCUT2D eigenvalue weighted by atomic mass is 10.0. The third-order valence-corrected chi connectivity index (χ3v) is 6.58. The third kappa shape index (κ3) is 6.48. The highest BCUT2D eigenvalue weighted by molar-refractivity contribution is 6.04. The van der Waals surface area contributed by atoms with Gasteiger partial charge in [-0.3, -0.25) is 9.78 Å². The summed E-state index contributed by atoms with van der Waals surface area (Å²) in [6, 6.07) is 7.87. The number of ether oxygens (including phenoxy) is 3. The van der Waals surface area contributed by atoms with E-state index < -0.39 is 23.7 Å². The van der Waals surface area contributed by atoms with Crippen molar-refractivity contribution in [3.05, 3.63) is 65.6 Å². The Bertz CT molecular complexity index is 1380. The first-order valence-electron chi connectivity index (χ1n) is 13.2. The normalized spacial score (nSPS) is 17.8. The fourth-order valence-corrected chi connectivity index (χ4v) is 4.47. The Balaban J connectivity index is 1.44. The Morgan fingerprint density at radius 2 is 1.82 bits per heavy atom. The second-order valence-electron chi connectivity index (χ2n) is 9.29. The molecule has 2 fully saturated rings. The number of anilines is 2. The van der Waals surface area contributed by atoms with Crippen molar-refractivity contribution in [2.45, 2.75) is 32.0 Å². The van der Waals surface area contributed by atoms with Crippen molar-refractivity contribution < 1.29 is 33.5 Å². The van der Waals surface area contributed by atoms with Crippen molar-refractivity contribution in [1.29, 1.82) is 0 Å². The highest BCUT2D eigenvalue weighted by Gasteiger charge is 2.31. The first kappa shape index (κ1) is 25.6. The van der Waals surface area contributed by atoms with Crippen molar-refractivity contribution in [2.24, 2.45) is 0 Å². The fourth-order valence-electron chi connectivity index (χ4n) is 4.47. The predicted molar refractivity (Wildman–Crippen MR) is 139 cm³/mol. The molecule has 1 N–H and O–H groups in total. The number of aryl methyl sites for hydroxylation is 1. The lowest BCUT2D eigenvalue weighted by Gasteiger charge is -2.31. The summed E-state index contributed by atoms with van der Waals surface area (Å²) in [7, 11) is 0. The molecule has 5 rings (SSSR count). The van der Waals surface area contributed by atoms with Crippen LogP contribution in [0.3, 0.4) is 0 Å². The highest BCUT2D eigenvalue weighted by Crippen LogP contribution is 2.35. The predicted octanol–water partition coefficient (Wildman–Crippen LogP) is 5.12. The number of benzene rings is 1. The van der Waals surface area contributed by atoms with E-state index in [1.54, 1.807) is 12.3 Å². The zero-order valence-corrected chi connectivity index (χ0v) is 21.4. The molecule has 2 aliphatic heterocycles. The average Bonchev–Trinajstić information content (AvgIpc) is 2.94. The van der Waals surface area contributed by atoms with Gasteiger partial charge in [0.15, 0.2) is 0 Å². The largest absolute Gasteiger partial charge is 0.473 e. The Kier molecular flexibility index (Phi) is 7.60. The zero-order chi connectivity index (χ0) is 28.3. The molecule has 11 heteroatoms. The van der Waals surface area contributed by atoms with Crippen LogP contribution in [0.25, 0.3) is 11.1 Å². The number of nitrogens with zero attached hydrogens (tertiary/aromatic N) is 3. The van der Waals surface area contributed by atoms with E-state index in [9.17, 15) is 18.0 Å². The van der Waals surface area contributed by atoms with Crippen LogP contribution < -0.4 is 15.0 Å². The molecule has 0 saturated carbocycles. The third-order valence-electron chi connectivity index (χ3n) is 6.58. The first-order chi connectivity index (χ1) is 19.1. The maximum Gasteiger partial charge on any atom is 0.416 e. The molecule has 0 aliphatic carbocycles. The molecule has 4 heterocycles. The van der Waals surface area contributed by atoms with Crippen molar-refractivity contribution in [3.63, 3.8) is 0 Å². The number of hydrogen-bond acceptors (Lipinski definition) is 7. The lowest BCUT2D eigenvalue weighted by Crippen LogP contribution is -2.37. The van der Waals surface area contributed by atoms with Crippen LogP contribution in [0.15, 0.2) is 48.8 Å². The van der Waals surface area contributed by atoms with E-state index in [1.165, 1.54) is 18.3 Å². The molecular weight excluding hydrogens is 513 g/mol. The van der Waals surface area contributed by atoms with E-state index in [0.717, 1.165) is 17.8 Å².